The third-order valence-electron chi connectivity index (χ3n) is 3.41. The van der Waals surface area contributed by atoms with Crippen LogP contribution in [0.2, 0.25) is 0 Å². The SMILES string of the molecule is Cc1noc(C)c1CC(=O)Nc1nnc([C@@H]2CCCO2)s1. The molecule has 8 heteroatoms. The first-order valence-electron chi connectivity index (χ1n) is 6.80. The van der Waals surface area contributed by atoms with Gasteiger partial charge in [0.2, 0.25) is 11.0 Å². The molecule has 3 rings (SSSR count). The van der Waals surface area contributed by atoms with Gasteiger partial charge in [0.25, 0.3) is 0 Å². The zero-order valence-electron chi connectivity index (χ0n) is 11.9. The Morgan fingerprint density at radius 1 is 1.43 bits per heavy atom. The van der Waals surface area contributed by atoms with Crippen LogP contribution >= 0.6 is 11.3 Å². The Bertz CT molecular complexity index is 626. The number of hydrogen-bond acceptors (Lipinski definition) is 7. The van der Waals surface area contributed by atoms with Crippen molar-refractivity contribution in [2.75, 3.05) is 11.9 Å². The molecule has 1 atom stereocenters. The molecule has 2 aromatic heterocycles. The second-order valence-electron chi connectivity index (χ2n) is 4.97. The molecule has 0 aromatic carbocycles. The highest BCUT2D eigenvalue weighted by atomic mass is 32.1. The number of aromatic nitrogens is 3. The maximum absolute atomic E-state index is 12.0. The Balaban J connectivity index is 1.62. The molecular formula is C13H16N4O3S. The molecular weight excluding hydrogens is 292 g/mol. The average Bonchev–Trinajstić information content (AvgIpc) is 3.16. The van der Waals surface area contributed by atoms with Crippen molar-refractivity contribution in [2.24, 2.45) is 0 Å². The zero-order valence-corrected chi connectivity index (χ0v) is 12.7. The van der Waals surface area contributed by atoms with Crippen molar-refractivity contribution in [3.63, 3.8) is 0 Å². The van der Waals surface area contributed by atoms with Gasteiger partial charge in [0.05, 0.1) is 12.1 Å². The van der Waals surface area contributed by atoms with Crippen molar-refractivity contribution in [2.45, 2.75) is 39.2 Å². The van der Waals surface area contributed by atoms with Crippen LogP contribution < -0.4 is 5.32 Å². The van der Waals surface area contributed by atoms with Crippen LogP contribution in [0, 0.1) is 13.8 Å². The highest BCUT2D eigenvalue weighted by molar-refractivity contribution is 7.15. The predicted molar refractivity (Wildman–Crippen MR) is 76.1 cm³/mol. The largest absolute Gasteiger partial charge is 0.371 e. The predicted octanol–water partition coefficient (Wildman–Crippen LogP) is 2.18. The van der Waals surface area contributed by atoms with Crippen LogP contribution in [0.25, 0.3) is 0 Å². The summed E-state index contributed by atoms with van der Waals surface area (Å²) >= 11 is 1.36. The quantitative estimate of drug-likeness (QED) is 0.931. The molecule has 7 nitrogen and oxygen atoms in total. The van der Waals surface area contributed by atoms with Crippen LogP contribution in [-0.4, -0.2) is 27.9 Å². The number of carbonyl (C=O) groups excluding carboxylic acids is 1. The van der Waals surface area contributed by atoms with Gasteiger partial charge >= 0.3 is 0 Å². The van der Waals surface area contributed by atoms with Gasteiger partial charge in [0.1, 0.15) is 16.9 Å². The lowest BCUT2D eigenvalue weighted by Crippen LogP contribution is -2.15. The van der Waals surface area contributed by atoms with E-state index in [2.05, 4.69) is 20.7 Å². The molecule has 3 heterocycles. The minimum Gasteiger partial charge on any atom is -0.371 e. The van der Waals surface area contributed by atoms with Crippen LogP contribution in [0.15, 0.2) is 4.52 Å². The summed E-state index contributed by atoms with van der Waals surface area (Å²) in [4.78, 5) is 12.0. The minimum absolute atomic E-state index is 0.0238. The second-order valence-corrected chi connectivity index (χ2v) is 5.98. The van der Waals surface area contributed by atoms with Crippen LogP contribution in [0.4, 0.5) is 5.13 Å². The van der Waals surface area contributed by atoms with Crippen LogP contribution in [0.3, 0.4) is 0 Å². The van der Waals surface area contributed by atoms with Gasteiger partial charge in [0, 0.05) is 12.2 Å². The molecule has 0 spiro atoms. The first kappa shape index (κ1) is 14.2. The average molecular weight is 308 g/mol. The summed E-state index contributed by atoms with van der Waals surface area (Å²) < 4.78 is 10.6. The fourth-order valence-electron chi connectivity index (χ4n) is 2.27. The van der Waals surface area contributed by atoms with E-state index in [4.69, 9.17) is 9.26 Å². The first-order valence-corrected chi connectivity index (χ1v) is 7.61. The first-order chi connectivity index (χ1) is 10.1. The highest BCUT2D eigenvalue weighted by Crippen LogP contribution is 2.31. The molecule has 1 N–H and O–H groups in total. The molecule has 1 aliphatic heterocycles. The van der Waals surface area contributed by atoms with Gasteiger partial charge in [-0.2, -0.15) is 0 Å². The van der Waals surface area contributed by atoms with Gasteiger partial charge in [-0.25, -0.2) is 0 Å². The van der Waals surface area contributed by atoms with Gasteiger partial charge in [-0.1, -0.05) is 16.5 Å². The van der Waals surface area contributed by atoms with E-state index in [0.717, 1.165) is 35.7 Å². The Labute approximate surface area is 125 Å². The highest BCUT2D eigenvalue weighted by Gasteiger charge is 2.22. The number of carbonyl (C=O) groups is 1. The Morgan fingerprint density at radius 3 is 2.95 bits per heavy atom. The maximum atomic E-state index is 12.0. The molecule has 0 unspecified atom stereocenters. The van der Waals surface area contributed by atoms with Gasteiger partial charge in [-0.3, -0.25) is 4.79 Å². The summed E-state index contributed by atoms with van der Waals surface area (Å²) in [6, 6.07) is 0. The van der Waals surface area contributed by atoms with E-state index >= 15 is 0 Å². The number of amides is 1. The molecule has 0 saturated carbocycles. The summed E-state index contributed by atoms with van der Waals surface area (Å²) in [5.74, 6) is 0.513. The van der Waals surface area contributed by atoms with Crippen molar-refractivity contribution < 1.29 is 14.1 Å². The minimum atomic E-state index is -0.153. The van der Waals surface area contributed by atoms with E-state index in [1.54, 1.807) is 6.92 Å². The lowest BCUT2D eigenvalue weighted by Gasteiger charge is -2.02. The smallest absolute Gasteiger partial charge is 0.230 e. The number of nitrogens with zero attached hydrogens (tertiary/aromatic N) is 3. The third kappa shape index (κ3) is 3.11. The molecule has 1 saturated heterocycles. The topological polar surface area (TPSA) is 90.1 Å². The molecule has 112 valence electrons. The monoisotopic (exact) mass is 308 g/mol. The molecule has 1 fully saturated rings. The summed E-state index contributed by atoms with van der Waals surface area (Å²) in [5, 5.41) is 16.0. The van der Waals surface area contributed by atoms with Gasteiger partial charge in [-0.15, -0.1) is 10.2 Å². The van der Waals surface area contributed by atoms with Crippen molar-refractivity contribution >= 4 is 22.4 Å². The van der Waals surface area contributed by atoms with Crippen LogP contribution in [0.5, 0.6) is 0 Å². The van der Waals surface area contributed by atoms with E-state index in [9.17, 15) is 4.79 Å². The van der Waals surface area contributed by atoms with Crippen LogP contribution in [0.1, 0.15) is 41.0 Å². The summed E-state index contributed by atoms with van der Waals surface area (Å²) in [6.07, 6.45) is 2.24. The Hall–Kier alpha value is -1.80. The number of nitrogens with one attached hydrogen (secondary N) is 1. The van der Waals surface area contributed by atoms with Gasteiger partial charge in [0.15, 0.2) is 0 Å². The normalized spacial score (nSPS) is 18.1. The molecule has 2 aromatic rings. The van der Waals surface area contributed by atoms with E-state index in [0.29, 0.717) is 10.9 Å². The fraction of sp³-hybridized carbons (Fsp3) is 0.538. The summed E-state index contributed by atoms with van der Waals surface area (Å²) in [6.45, 7) is 4.38. The van der Waals surface area contributed by atoms with Crippen molar-refractivity contribution in [1.29, 1.82) is 0 Å². The lowest BCUT2D eigenvalue weighted by molar-refractivity contribution is -0.115. The number of hydrogen-bond donors (Lipinski definition) is 1. The zero-order chi connectivity index (χ0) is 14.8. The number of rotatable bonds is 4. The van der Waals surface area contributed by atoms with Gasteiger partial charge in [-0.05, 0) is 26.7 Å². The van der Waals surface area contributed by atoms with Crippen molar-refractivity contribution in [1.82, 2.24) is 15.4 Å². The molecule has 0 aliphatic carbocycles. The number of aryl methyl sites for hydroxylation is 2. The Kier molecular flexibility index (Phi) is 3.98. The van der Waals surface area contributed by atoms with Crippen molar-refractivity contribution in [3.05, 3.63) is 22.0 Å². The van der Waals surface area contributed by atoms with Gasteiger partial charge < -0.3 is 14.6 Å². The van der Waals surface area contributed by atoms with E-state index in [1.807, 2.05) is 6.92 Å². The molecule has 0 bridgehead atoms. The third-order valence-corrected chi connectivity index (χ3v) is 4.34. The number of ether oxygens (including phenoxy) is 1. The fourth-order valence-corrected chi connectivity index (χ4v) is 3.11. The number of anilines is 1. The molecule has 1 aliphatic rings. The molecule has 21 heavy (non-hydrogen) atoms. The van der Waals surface area contributed by atoms with Crippen molar-refractivity contribution in [3.8, 4) is 0 Å². The van der Waals surface area contributed by atoms with Crippen LogP contribution in [-0.2, 0) is 16.0 Å². The molecule has 0 radical (unpaired) electrons. The summed E-state index contributed by atoms with van der Waals surface area (Å²) in [7, 11) is 0. The standard InChI is InChI=1S/C13H16N4O3S/c1-7-9(8(2)20-17-7)6-11(18)14-13-16-15-12(21-13)10-4-3-5-19-10/h10H,3-6H2,1-2H3,(H,14,16,18)/t10-/m0/s1. The summed E-state index contributed by atoms with van der Waals surface area (Å²) in [5.41, 5.74) is 1.55. The second kappa shape index (κ2) is 5.90. The lowest BCUT2D eigenvalue weighted by atomic mass is 10.1. The van der Waals surface area contributed by atoms with E-state index in [-0.39, 0.29) is 18.4 Å². The maximum Gasteiger partial charge on any atom is 0.230 e. The van der Waals surface area contributed by atoms with E-state index in [1.165, 1.54) is 11.3 Å². The molecule has 1 amide bonds. The van der Waals surface area contributed by atoms with E-state index < -0.39 is 0 Å². The Morgan fingerprint density at radius 2 is 2.29 bits per heavy atom.